The summed E-state index contributed by atoms with van der Waals surface area (Å²) in [5.41, 5.74) is 3.72. The lowest BCUT2D eigenvalue weighted by atomic mass is 10.1. The van der Waals surface area contributed by atoms with E-state index < -0.39 is 0 Å². The van der Waals surface area contributed by atoms with Gasteiger partial charge in [-0.25, -0.2) is 4.98 Å². The normalized spacial score (nSPS) is 10.3. The van der Waals surface area contributed by atoms with Gasteiger partial charge in [0.2, 0.25) is 0 Å². The van der Waals surface area contributed by atoms with Crippen LogP contribution in [0.5, 0.6) is 0 Å². The van der Waals surface area contributed by atoms with Crippen LogP contribution >= 0.6 is 11.3 Å². The van der Waals surface area contributed by atoms with E-state index in [-0.39, 0.29) is 0 Å². The Morgan fingerprint density at radius 1 is 1.27 bits per heavy atom. The van der Waals surface area contributed by atoms with Gasteiger partial charge in [-0.15, -0.1) is 11.3 Å². The molecule has 0 bridgehead atoms. The maximum Gasteiger partial charge on any atom is 0.183 e. The number of nitrogens with one attached hydrogen (secondary N) is 1. The lowest BCUT2D eigenvalue weighted by molar-refractivity contribution is 1.10. The second-order valence-electron chi connectivity index (χ2n) is 3.57. The molecule has 1 heterocycles. The molecule has 0 amide bonds. The molecule has 0 aliphatic carbocycles. The fourth-order valence-electron chi connectivity index (χ4n) is 1.41. The molecule has 0 unspecified atom stereocenters. The zero-order chi connectivity index (χ0) is 10.7. The monoisotopic (exact) mass is 218 g/mol. The molecule has 0 saturated heterocycles. The lowest BCUT2D eigenvalue weighted by Crippen LogP contribution is -2.00. The molecule has 3 heteroatoms. The first kappa shape index (κ1) is 10.2. The average Bonchev–Trinajstić information content (AvgIpc) is 2.63. The van der Waals surface area contributed by atoms with Crippen molar-refractivity contribution in [1.82, 2.24) is 4.98 Å². The van der Waals surface area contributed by atoms with Gasteiger partial charge in [-0.05, 0) is 25.0 Å². The van der Waals surface area contributed by atoms with Crippen molar-refractivity contribution in [3.63, 3.8) is 0 Å². The van der Waals surface area contributed by atoms with Crippen molar-refractivity contribution in [2.45, 2.75) is 20.4 Å². The molecule has 0 aliphatic heterocycles. The number of hydrogen-bond acceptors (Lipinski definition) is 3. The molecule has 2 aromatic rings. The van der Waals surface area contributed by atoms with Gasteiger partial charge in [-0.2, -0.15) is 0 Å². The molecule has 1 N–H and O–H groups in total. The molecule has 0 aliphatic rings. The number of anilines is 1. The van der Waals surface area contributed by atoms with Crippen molar-refractivity contribution in [3.8, 4) is 0 Å². The maximum absolute atomic E-state index is 4.36. The number of aromatic nitrogens is 1. The summed E-state index contributed by atoms with van der Waals surface area (Å²) in [6.07, 6.45) is 0. The topological polar surface area (TPSA) is 24.9 Å². The largest absolute Gasteiger partial charge is 0.357 e. The Balaban J connectivity index is 2.02. The van der Waals surface area contributed by atoms with Crippen LogP contribution in [0, 0.1) is 13.8 Å². The van der Waals surface area contributed by atoms with Crippen molar-refractivity contribution >= 4 is 16.5 Å². The highest BCUT2D eigenvalue weighted by molar-refractivity contribution is 7.13. The van der Waals surface area contributed by atoms with E-state index in [2.05, 4.69) is 46.9 Å². The Bertz CT molecular complexity index is 448. The fourth-order valence-corrected chi connectivity index (χ4v) is 2.10. The summed E-state index contributed by atoms with van der Waals surface area (Å²) in [7, 11) is 0. The molecule has 1 aromatic heterocycles. The predicted octanol–water partition coefficient (Wildman–Crippen LogP) is 3.37. The number of aryl methyl sites for hydroxylation is 2. The van der Waals surface area contributed by atoms with Gasteiger partial charge in [-0.3, -0.25) is 0 Å². The molecule has 1 aromatic carbocycles. The van der Waals surface area contributed by atoms with Crippen LogP contribution in [0.1, 0.15) is 16.8 Å². The van der Waals surface area contributed by atoms with Gasteiger partial charge in [0.1, 0.15) is 0 Å². The highest BCUT2D eigenvalue weighted by Crippen LogP contribution is 2.16. The Hall–Kier alpha value is -1.35. The van der Waals surface area contributed by atoms with E-state index in [4.69, 9.17) is 0 Å². The second kappa shape index (κ2) is 4.45. The fraction of sp³-hybridized carbons (Fsp3) is 0.250. The van der Waals surface area contributed by atoms with Gasteiger partial charge in [-0.1, -0.05) is 24.3 Å². The van der Waals surface area contributed by atoms with Crippen LogP contribution in [0.3, 0.4) is 0 Å². The van der Waals surface area contributed by atoms with Gasteiger partial charge in [0.25, 0.3) is 0 Å². The van der Waals surface area contributed by atoms with E-state index in [0.717, 1.165) is 17.4 Å². The van der Waals surface area contributed by atoms with Gasteiger partial charge in [0.15, 0.2) is 5.13 Å². The summed E-state index contributed by atoms with van der Waals surface area (Å²) in [5.74, 6) is 0. The van der Waals surface area contributed by atoms with Crippen molar-refractivity contribution < 1.29 is 0 Å². The number of benzene rings is 1. The molecule has 0 atom stereocenters. The Morgan fingerprint density at radius 3 is 2.73 bits per heavy atom. The molecule has 0 radical (unpaired) electrons. The molecule has 15 heavy (non-hydrogen) atoms. The molecule has 0 spiro atoms. The quantitative estimate of drug-likeness (QED) is 0.854. The number of nitrogens with zero attached hydrogens (tertiary/aromatic N) is 1. The molecular weight excluding hydrogens is 204 g/mol. The SMILES string of the molecule is Cc1csc(NCc2ccccc2C)n1. The van der Waals surface area contributed by atoms with E-state index in [1.807, 2.05) is 6.92 Å². The summed E-state index contributed by atoms with van der Waals surface area (Å²) in [6.45, 7) is 4.99. The number of hydrogen-bond donors (Lipinski definition) is 1. The second-order valence-corrected chi connectivity index (χ2v) is 4.43. The smallest absolute Gasteiger partial charge is 0.183 e. The molecule has 2 rings (SSSR count). The third-order valence-electron chi connectivity index (χ3n) is 2.31. The van der Waals surface area contributed by atoms with Gasteiger partial charge < -0.3 is 5.32 Å². The third kappa shape index (κ3) is 2.57. The average molecular weight is 218 g/mol. The van der Waals surface area contributed by atoms with E-state index in [1.54, 1.807) is 11.3 Å². The summed E-state index contributed by atoms with van der Waals surface area (Å²) in [4.78, 5) is 4.36. The first-order valence-corrected chi connectivity index (χ1v) is 5.84. The van der Waals surface area contributed by atoms with Gasteiger partial charge in [0, 0.05) is 11.9 Å². The zero-order valence-electron chi connectivity index (χ0n) is 8.95. The summed E-state index contributed by atoms with van der Waals surface area (Å²) in [5, 5.41) is 6.38. The van der Waals surface area contributed by atoms with E-state index in [0.29, 0.717) is 0 Å². The van der Waals surface area contributed by atoms with Crippen LogP contribution < -0.4 is 5.32 Å². The predicted molar refractivity (Wildman–Crippen MR) is 65.4 cm³/mol. The lowest BCUT2D eigenvalue weighted by Gasteiger charge is -2.05. The Labute approximate surface area is 94.0 Å². The van der Waals surface area contributed by atoms with Crippen LogP contribution in [0.25, 0.3) is 0 Å². The van der Waals surface area contributed by atoms with Crippen LogP contribution in [0.15, 0.2) is 29.6 Å². The molecule has 0 fully saturated rings. The van der Waals surface area contributed by atoms with Crippen molar-refractivity contribution in [2.75, 3.05) is 5.32 Å². The van der Waals surface area contributed by atoms with Crippen LogP contribution in [-0.2, 0) is 6.54 Å². The Morgan fingerprint density at radius 2 is 2.07 bits per heavy atom. The van der Waals surface area contributed by atoms with Gasteiger partial charge >= 0.3 is 0 Å². The summed E-state index contributed by atoms with van der Waals surface area (Å²) in [6, 6.07) is 8.40. The van der Waals surface area contributed by atoms with E-state index >= 15 is 0 Å². The minimum atomic E-state index is 0.847. The maximum atomic E-state index is 4.36. The molecular formula is C12H14N2S. The first-order chi connectivity index (χ1) is 7.25. The third-order valence-corrected chi connectivity index (χ3v) is 3.23. The molecule has 78 valence electrons. The zero-order valence-corrected chi connectivity index (χ0v) is 9.77. The highest BCUT2D eigenvalue weighted by atomic mass is 32.1. The summed E-state index contributed by atoms with van der Waals surface area (Å²) < 4.78 is 0. The molecule has 2 nitrogen and oxygen atoms in total. The van der Waals surface area contributed by atoms with Crippen LogP contribution in [0.4, 0.5) is 5.13 Å². The number of rotatable bonds is 3. The van der Waals surface area contributed by atoms with Crippen LogP contribution in [0.2, 0.25) is 0 Å². The minimum Gasteiger partial charge on any atom is -0.357 e. The Kier molecular flexibility index (Phi) is 3.02. The van der Waals surface area contributed by atoms with E-state index in [1.165, 1.54) is 11.1 Å². The first-order valence-electron chi connectivity index (χ1n) is 4.96. The number of thiazole rings is 1. The summed E-state index contributed by atoms with van der Waals surface area (Å²) >= 11 is 1.65. The highest BCUT2D eigenvalue weighted by Gasteiger charge is 1.99. The standard InChI is InChI=1S/C12H14N2S/c1-9-5-3-4-6-11(9)7-13-12-14-10(2)8-15-12/h3-6,8H,7H2,1-2H3,(H,13,14). The van der Waals surface area contributed by atoms with E-state index in [9.17, 15) is 0 Å². The van der Waals surface area contributed by atoms with Crippen LogP contribution in [-0.4, -0.2) is 4.98 Å². The molecule has 0 saturated carbocycles. The van der Waals surface area contributed by atoms with Crippen molar-refractivity contribution in [2.24, 2.45) is 0 Å². The van der Waals surface area contributed by atoms with Crippen molar-refractivity contribution in [3.05, 3.63) is 46.5 Å². The van der Waals surface area contributed by atoms with Gasteiger partial charge in [0.05, 0.1) is 5.69 Å². The van der Waals surface area contributed by atoms with Crippen molar-refractivity contribution in [1.29, 1.82) is 0 Å². The minimum absolute atomic E-state index is 0.847.